The first-order valence-corrected chi connectivity index (χ1v) is 11.7. The first-order valence-electron chi connectivity index (χ1n) is 11.7. The lowest BCUT2D eigenvalue weighted by Crippen LogP contribution is -2.55. The molecule has 3 atom stereocenters. The number of Topliss-reactive ketones (excluding diaryl/α,β-unsaturated/α-hetero) is 1. The van der Waals surface area contributed by atoms with Crippen LogP contribution in [-0.4, -0.2) is 52.0 Å². The molecule has 0 spiro atoms. The van der Waals surface area contributed by atoms with Crippen LogP contribution < -0.4 is 16.0 Å². The maximum absolute atomic E-state index is 14.8. The standard InChI is InChI=1S/C26H26F3N5O3/c1-3-22(35)14-8-16(28)23(17(29)9-14)24-15(27)4-5-19(32-24)26(37)33-20-10-31-7-6-21(20)34-11-13(2)25(36)18(30)12-34/h4-10,13,18,25,36H,3,11-12,30H2,1-2H3,(H,33,37)/t13-,18+,25+/m0/s1. The summed E-state index contributed by atoms with van der Waals surface area (Å²) in [6.45, 7) is 4.23. The number of halogens is 3. The molecule has 8 nitrogen and oxygen atoms in total. The summed E-state index contributed by atoms with van der Waals surface area (Å²) in [4.78, 5) is 34.7. The van der Waals surface area contributed by atoms with Crippen molar-refractivity contribution in [3.05, 3.63) is 71.4 Å². The number of aliphatic hydroxyl groups excluding tert-OH is 1. The number of nitrogens with one attached hydrogen (secondary N) is 1. The van der Waals surface area contributed by atoms with Crippen LogP contribution in [0, 0.1) is 23.4 Å². The predicted octanol–water partition coefficient (Wildman–Crippen LogP) is 3.55. The summed E-state index contributed by atoms with van der Waals surface area (Å²) in [5.74, 6) is -4.74. The third kappa shape index (κ3) is 5.32. The van der Waals surface area contributed by atoms with Gasteiger partial charge in [-0.05, 0) is 30.3 Å². The molecule has 1 saturated heterocycles. The van der Waals surface area contributed by atoms with Crippen LogP contribution in [0.2, 0.25) is 0 Å². The molecule has 1 aliphatic rings. The minimum atomic E-state index is -1.17. The van der Waals surface area contributed by atoms with E-state index in [1.807, 2.05) is 11.8 Å². The van der Waals surface area contributed by atoms with E-state index in [0.29, 0.717) is 24.5 Å². The fourth-order valence-electron chi connectivity index (χ4n) is 4.37. The van der Waals surface area contributed by atoms with E-state index in [4.69, 9.17) is 5.73 Å². The van der Waals surface area contributed by atoms with Crippen LogP contribution in [-0.2, 0) is 0 Å². The second kappa shape index (κ2) is 10.7. The average Bonchev–Trinajstić information content (AvgIpc) is 2.87. The Morgan fingerprint density at radius 2 is 1.84 bits per heavy atom. The number of carbonyl (C=O) groups excluding carboxylic acids is 2. The Balaban J connectivity index is 1.64. The summed E-state index contributed by atoms with van der Waals surface area (Å²) >= 11 is 0. The lowest BCUT2D eigenvalue weighted by molar-refractivity contribution is 0.0785. The predicted molar refractivity (Wildman–Crippen MR) is 132 cm³/mol. The van der Waals surface area contributed by atoms with Gasteiger partial charge in [0.1, 0.15) is 28.8 Å². The molecule has 3 aromatic rings. The van der Waals surface area contributed by atoms with E-state index in [2.05, 4.69) is 15.3 Å². The molecule has 0 unspecified atom stereocenters. The van der Waals surface area contributed by atoms with Crippen LogP contribution in [0.25, 0.3) is 11.3 Å². The van der Waals surface area contributed by atoms with Crippen LogP contribution >= 0.6 is 0 Å². The van der Waals surface area contributed by atoms with E-state index >= 15 is 0 Å². The number of carbonyl (C=O) groups is 2. The second-order valence-corrected chi connectivity index (χ2v) is 9.00. The van der Waals surface area contributed by atoms with Gasteiger partial charge < -0.3 is 21.1 Å². The van der Waals surface area contributed by atoms with E-state index < -0.39 is 52.5 Å². The van der Waals surface area contributed by atoms with Crippen LogP contribution in [0.3, 0.4) is 0 Å². The topological polar surface area (TPSA) is 121 Å². The van der Waals surface area contributed by atoms with Crippen molar-refractivity contribution < 1.29 is 27.9 Å². The number of ketones is 1. The van der Waals surface area contributed by atoms with Gasteiger partial charge in [-0.1, -0.05) is 13.8 Å². The lowest BCUT2D eigenvalue weighted by atomic mass is 9.92. The summed E-state index contributed by atoms with van der Waals surface area (Å²) < 4.78 is 44.1. The molecule has 1 aromatic carbocycles. The van der Waals surface area contributed by atoms with E-state index in [-0.39, 0.29) is 23.6 Å². The zero-order chi connectivity index (χ0) is 26.9. The molecular formula is C26H26F3N5O3. The van der Waals surface area contributed by atoms with Crippen LogP contribution in [0.5, 0.6) is 0 Å². The van der Waals surface area contributed by atoms with Crippen molar-refractivity contribution in [3.8, 4) is 11.3 Å². The number of piperidine rings is 1. The number of rotatable bonds is 6. The summed E-state index contributed by atoms with van der Waals surface area (Å²) in [6, 6.07) is 4.80. The molecule has 0 aliphatic carbocycles. The number of aliphatic hydroxyl groups is 1. The maximum atomic E-state index is 14.8. The average molecular weight is 514 g/mol. The summed E-state index contributed by atoms with van der Waals surface area (Å²) in [5.41, 5.74) is 5.03. The Morgan fingerprint density at radius 1 is 1.14 bits per heavy atom. The largest absolute Gasteiger partial charge is 0.391 e. The fourth-order valence-corrected chi connectivity index (χ4v) is 4.37. The van der Waals surface area contributed by atoms with Crippen LogP contribution in [0.4, 0.5) is 24.5 Å². The number of anilines is 2. The molecule has 37 heavy (non-hydrogen) atoms. The van der Waals surface area contributed by atoms with Crippen LogP contribution in [0.1, 0.15) is 41.1 Å². The van der Waals surface area contributed by atoms with E-state index in [1.165, 1.54) is 6.20 Å². The molecule has 0 saturated carbocycles. The number of aromatic nitrogens is 2. The minimum absolute atomic E-state index is 0.0414. The third-order valence-corrected chi connectivity index (χ3v) is 6.35. The highest BCUT2D eigenvalue weighted by Crippen LogP contribution is 2.31. The monoisotopic (exact) mass is 513 g/mol. The van der Waals surface area contributed by atoms with Crippen molar-refractivity contribution in [2.45, 2.75) is 32.4 Å². The smallest absolute Gasteiger partial charge is 0.274 e. The molecule has 1 aliphatic heterocycles. The number of nitrogens with zero attached hydrogens (tertiary/aromatic N) is 3. The molecule has 194 valence electrons. The summed E-state index contributed by atoms with van der Waals surface area (Å²) in [5, 5.41) is 12.8. The van der Waals surface area contributed by atoms with Gasteiger partial charge in [0.15, 0.2) is 5.78 Å². The minimum Gasteiger partial charge on any atom is -0.391 e. The molecule has 1 fully saturated rings. The third-order valence-electron chi connectivity index (χ3n) is 6.35. The van der Waals surface area contributed by atoms with Gasteiger partial charge in [-0.15, -0.1) is 0 Å². The SMILES string of the molecule is CCC(=O)c1cc(F)c(-c2nc(C(=O)Nc3cnccc3N3C[C@@H](N)[C@H](O)[C@@H](C)C3)ccc2F)c(F)c1. The highest BCUT2D eigenvalue weighted by Gasteiger charge is 2.32. The molecule has 0 radical (unpaired) electrons. The van der Waals surface area contributed by atoms with Gasteiger partial charge in [-0.25, -0.2) is 18.2 Å². The van der Waals surface area contributed by atoms with E-state index in [9.17, 15) is 27.9 Å². The van der Waals surface area contributed by atoms with Gasteiger partial charge in [0.25, 0.3) is 5.91 Å². The Morgan fingerprint density at radius 3 is 2.49 bits per heavy atom. The number of amides is 1. The number of hydrogen-bond donors (Lipinski definition) is 3. The second-order valence-electron chi connectivity index (χ2n) is 9.00. The van der Waals surface area contributed by atoms with Crippen molar-refractivity contribution in [3.63, 3.8) is 0 Å². The summed E-state index contributed by atoms with van der Waals surface area (Å²) in [6.07, 6.45) is 2.34. The number of nitrogens with two attached hydrogens (primary N) is 1. The van der Waals surface area contributed by atoms with Crippen molar-refractivity contribution >= 4 is 23.1 Å². The maximum Gasteiger partial charge on any atom is 0.274 e. The van der Waals surface area contributed by atoms with Gasteiger partial charge >= 0.3 is 0 Å². The van der Waals surface area contributed by atoms with Gasteiger partial charge in [-0.3, -0.25) is 14.6 Å². The zero-order valence-electron chi connectivity index (χ0n) is 20.2. The van der Waals surface area contributed by atoms with E-state index in [1.54, 1.807) is 19.2 Å². The Kier molecular flexibility index (Phi) is 7.55. The normalized spacial score (nSPS) is 19.5. The fraction of sp³-hybridized carbons (Fsp3) is 0.308. The first kappa shape index (κ1) is 26.2. The molecule has 3 heterocycles. The Labute approximate surface area is 211 Å². The Bertz CT molecular complexity index is 1320. The van der Waals surface area contributed by atoms with Gasteiger partial charge in [0, 0.05) is 43.2 Å². The first-order chi connectivity index (χ1) is 17.6. The highest BCUT2D eigenvalue weighted by molar-refractivity contribution is 6.05. The molecule has 4 N–H and O–H groups in total. The number of pyridine rings is 2. The number of hydrogen-bond acceptors (Lipinski definition) is 7. The van der Waals surface area contributed by atoms with Gasteiger partial charge in [-0.2, -0.15) is 0 Å². The quantitative estimate of drug-likeness (QED) is 0.431. The zero-order valence-corrected chi connectivity index (χ0v) is 20.2. The van der Waals surface area contributed by atoms with Gasteiger partial charge in [0.05, 0.1) is 29.2 Å². The molecule has 11 heteroatoms. The molecule has 0 bridgehead atoms. The van der Waals surface area contributed by atoms with Crippen LogP contribution in [0.15, 0.2) is 42.7 Å². The van der Waals surface area contributed by atoms with Crippen molar-refractivity contribution in [1.29, 1.82) is 0 Å². The van der Waals surface area contributed by atoms with Crippen molar-refractivity contribution in [2.75, 3.05) is 23.3 Å². The number of benzene rings is 1. The van der Waals surface area contributed by atoms with E-state index in [0.717, 1.165) is 24.3 Å². The van der Waals surface area contributed by atoms with Crippen molar-refractivity contribution in [1.82, 2.24) is 9.97 Å². The highest BCUT2D eigenvalue weighted by atomic mass is 19.1. The summed E-state index contributed by atoms with van der Waals surface area (Å²) in [7, 11) is 0. The van der Waals surface area contributed by atoms with Gasteiger partial charge in [0.2, 0.25) is 0 Å². The molecular weight excluding hydrogens is 487 g/mol. The Hall–Kier alpha value is -3.83. The van der Waals surface area contributed by atoms with Crippen molar-refractivity contribution in [2.24, 2.45) is 11.7 Å². The molecule has 4 rings (SSSR count). The lowest BCUT2D eigenvalue weighted by Gasteiger charge is -2.40. The molecule has 2 aromatic heterocycles. The molecule has 1 amide bonds.